The SMILES string of the molecule is O=C1[C@@H]2[C@H](C(=O)N1c1ccc(Cl)cc1)[C@H]1C=C[C@H]2C12C[C@H]2c1ccccc1. The van der Waals surface area contributed by atoms with Crippen LogP contribution in [0.3, 0.4) is 0 Å². The number of allylic oxidation sites excluding steroid dienone is 2. The van der Waals surface area contributed by atoms with Gasteiger partial charge in [-0.2, -0.15) is 0 Å². The number of rotatable bonds is 2. The molecule has 0 radical (unpaired) electrons. The third kappa shape index (κ3) is 1.83. The Bertz CT molecular complexity index is 965. The predicted octanol–water partition coefficient (Wildman–Crippen LogP) is 4.44. The van der Waals surface area contributed by atoms with Crippen molar-refractivity contribution in [2.45, 2.75) is 12.3 Å². The van der Waals surface area contributed by atoms with Gasteiger partial charge in [-0.1, -0.05) is 54.1 Å². The average molecular weight is 376 g/mol. The third-order valence-corrected chi connectivity index (χ3v) is 7.52. The van der Waals surface area contributed by atoms with E-state index < -0.39 is 0 Å². The minimum Gasteiger partial charge on any atom is -0.274 e. The fraction of sp³-hybridized carbons (Fsp3) is 0.304. The molecular weight excluding hydrogens is 358 g/mol. The Morgan fingerprint density at radius 1 is 0.852 bits per heavy atom. The highest BCUT2D eigenvalue weighted by Crippen LogP contribution is 2.79. The third-order valence-electron chi connectivity index (χ3n) is 7.27. The second-order valence-corrected chi connectivity index (χ2v) is 8.69. The van der Waals surface area contributed by atoms with E-state index in [1.54, 1.807) is 24.3 Å². The van der Waals surface area contributed by atoms with Gasteiger partial charge in [-0.25, -0.2) is 0 Å². The van der Waals surface area contributed by atoms with Crippen LogP contribution in [0.2, 0.25) is 5.02 Å². The summed E-state index contributed by atoms with van der Waals surface area (Å²) in [4.78, 5) is 27.9. The summed E-state index contributed by atoms with van der Waals surface area (Å²) in [5, 5.41) is 0.599. The lowest BCUT2D eigenvalue weighted by molar-refractivity contribution is -0.123. The molecule has 3 fully saturated rings. The van der Waals surface area contributed by atoms with Crippen LogP contribution in [0.4, 0.5) is 5.69 Å². The number of amides is 2. The zero-order valence-corrected chi connectivity index (χ0v) is 15.3. The summed E-state index contributed by atoms with van der Waals surface area (Å²) in [6.07, 6.45) is 5.50. The fourth-order valence-electron chi connectivity index (χ4n) is 6.19. The minimum absolute atomic E-state index is 0.0396. The number of benzene rings is 2. The van der Waals surface area contributed by atoms with E-state index in [2.05, 4.69) is 36.4 Å². The monoisotopic (exact) mass is 375 g/mol. The number of carbonyl (C=O) groups is 2. The lowest BCUT2D eigenvalue weighted by Gasteiger charge is -2.23. The molecule has 6 rings (SSSR count). The highest BCUT2D eigenvalue weighted by molar-refractivity contribution is 6.30. The molecular formula is C23H18ClNO2. The summed E-state index contributed by atoms with van der Waals surface area (Å²) in [5.41, 5.74) is 2.05. The average Bonchev–Trinajstić information content (AvgIpc) is 3.17. The molecule has 1 aliphatic heterocycles. The lowest BCUT2D eigenvalue weighted by atomic mass is 9.85. The number of hydrogen-bond donors (Lipinski definition) is 0. The zero-order chi connectivity index (χ0) is 18.3. The van der Waals surface area contributed by atoms with Crippen LogP contribution in [0.25, 0.3) is 0 Å². The standard InChI is InChI=1S/C23H18ClNO2/c24-14-6-8-15(9-7-14)25-21(26)19-16-10-11-17(20(19)22(25)27)23(16)12-18(23)13-4-2-1-3-5-13/h1-11,16-20H,12H2/t16-,17-,18+,19-,20+,23?/m1/s1. The molecule has 4 heteroatoms. The highest BCUT2D eigenvalue weighted by Gasteiger charge is 2.77. The van der Waals surface area contributed by atoms with Crippen LogP contribution in [0.15, 0.2) is 66.7 Å². The summed E-state index contributed by atoms with van der Waals surface area (Å²) in [5.74, 6) is 0.301. The molecule has 3 nitrogen and oxygen atoms in total. The van der Waals surface area contributed by atoms with E-state index in [0.717, 1.165) is 6.42 Å². The van der Waals surface area contributed by atoms with Gasteiger partial charge in [0.15, 0.2) is 0 Å². The van der Waals surface area contributed by atoms with Crippen LogP contribution in [0, 0.1) is 29.1 Å². The molecule has 2 aromatic rings. The van der Waals surface area contributed by atoms with Crippen molar-refractivity contribution in [3.8, 4) is 0 Å². The second-order valence-electron chi connectivity index (χ2n) is 8.26. The van der Waals surface area contributed by atoms with Gasteiger partial charge in [-0.3, -0.25) is 14.5 Å². The molecule has 6 atom stereocenters. The number of hydrogen-bond acceptors (Lipinski definition) is 2. The summed E-state index contributed by atoms with van der Waals surface area (Å²) in [6.45, 7) is 0. The van der Waals surface area contributed by atoms with E-state index in [0.29, 0.717) is 16.6 Å². The van der Waals surface area contributed by atoms with Gasteiger partial charge < -0.3 is 0 Å². The van der Waals surface area contributed by atoms with Gasteiger partial charge in [-0.15, -0.1) is 0 Å². The molecule has 2 saturated carbocycles. The first-order valence-electron chi connectivity index (χ1n) is 9.49. The normalized spacial score (nSPS) is 38.1. The van der Waals surface area contributed by atoms with Crippen LogP contribution in [-0.2, 0) is 9.59 Å². The number of anilines is 1. The minimum atomic E-state index is -0.211. The van der Waals surface area contributed by atoms with Crippen LogP contribution in [0.1, 0.15) is 17.9 Å². The van der Waals surface area contributed by atoms with Gasteiger partial charge in [0.05, 0.1) is 17.5 Å². The summed E-state index contributed by atoms with van der Waals surface area (Å²) in [7, 11) is 0. The number of imide groups is 1. The van der Waals surface area contributed by atoms with Gasteiger partial charge in [0.25, 0.3) is 0 Å². The maximum absolute atomic E-state index is 13.3. The molecule has 0 N–H and O–H groups in total. The molecule has 27 heavy (non-hydrogen) atoms. The highest BCUT2D eigenvalue weighted by atomic mass is 35.5. The van der Waals surface area contributed by atoms with E-state index in [9.17, 15) is 9.59 Å². The van der Waals surface area contributed by atoms with E-state index in [1.165, 1.54) is 10.5 Å². The molecule has 1 saturated heterocycles. The van der Waals surface area contributed by atoms with Crippen molar-refractivity contribution in [3.05, 3.63) is 77.3 Å². The molecule has 134 valence electrons. The molecule has 1 spiro atoms. The number of carbonyl (C=O) groups excluding carboxylic acids is 2. The Hall–Kier alpha value is -2.39. The van der Waals surface area contributed by atoms with Gasteiger partial charge >= 0.3 is 0 Å². The summed E-state index contributed by atoms with van der Waals surface area (Å²) in [6, 6.07) is 17.5. The maximum Gasteiger partial charge on any atom is 0.238 e. The van der Waals surface area contributed by atoms with E-state index in [-0.39, 0.29) is 40.9 Å². The number of fused-ring (bicyclic) bond motifs is 3. The van der Waals surface area contributed by atoms with Crippen molar-refractivity contribution in [2.75, 3.05) is 4.90 Å². The predicted molar refractivity (Wildman–Crippen MR) is 103 cm³/mol. The summed E-state index contributed by atoms with van der Waals surface area (Å²) >= 11 is 5.96. The second kappa shape index (κ2) is 5.11. The molecule has 2 bridgehead atoms. The Balaban J connectivity index is 1.36. The molecule has 1 heterocycles. The van der Waals surface area contributed by atoms with E-state index in [4.69, 9.17) is 11.6 Å². The zero-order valence-electron chi connectivity index (χ0n) is 14.6. The topological polar surface area (TPSA) is 37.4 Å². The van der Waals surface area contributed by atoms with E-state index in [1.807, 2.05) is 6.07 Å². The smallest absolute Gasteiger partial charge is 0.238 e. The first-order valence-corrected chi connectivity index (χ1v) is 9.87. The number of nitrogens with zero attached hydrogens (tertiary/aromatic N) is 1. The van der Waals surface area contributed by atoms with Crippen LogP contribution >= 0.6 is 11.6 Å². The molecule has 2 aromatic carbocycles. The summed E-state index contributed by atoms with van der Waals surface area (Å²) < 4.78 is 0. The quantitative estimate of drug-likeness (QED) is 0.575. The van der Waals surface area contributed by atoms with Gasteiger partial charge in [0.2, 0.25) is 11.8 Å². The van der Waals surface area contributed by atoms with Crippen molar-refractivity contribution in [2.24, 2.45) is 29.1 Å². The van der Waals surface area contributed by atoms with Crippen LogP contribution in [0.5, 0.6) is 0 Å². The first-order chi connectivity index (χ1) is 13.1. The molecule has 1 unspecified atom stereocenters. The van der Waals surface area contributed by atoms with Crippen molar-refractivity contribution in [3.63, 3.8) is 0 Å². The fourth-order valence-corrected chi connectivity index (χ4v) is 6.31. The molecule has 4 aliphatic rings. The molecule has 3 aliphatic carbocycles. The van der Waals surface area contributed by atoms with Crippen molar-refractivity contribution in [1.29, 1.82) is 0 Å². The first kappa shape index (κ1) is 15.6. The Morgan fingerprint density at radius 2 is 1.44 bits per heavy atom. The van der Waals surface area contributed by atoms with Crippen LogP contribution in [-0.4, -0.2) is 11.8 Å². The van der Waals surface area contributed by atoms with E-state index >= 15 is 0 Å². The molecule has 2 amide bonds. The van der Waals surface area contributed by atoms with Gasteiger partial charge in [0.1, 0.15) is 0 Å². The largest absolute Gasteiger partial charge is 0.274 e. The van der Waals surface area contributed by atoms with Gasteiger partial charge in [-0.05, 0) is 59.4 Å². The van der Waals surface area contributed by atoms with Crippen LogP contribution < -0.4 is 4.90 Å². The number of halogens is 1. The Labute approximate surface area is 162 Å². The van der Waals surface area contributed by atoms with Crippen molar-refractivity contribution < 1.29 is 9.59 Å². The maximum atomic E-state index is 13.3. The van der Waals surface area contributed by atoms with Crippen molar-refractivity contribution in [1.82, 2.24) is 0 Å². The Morgan fingerprint density at radius 3 is 2.04 bits per heavy atom. The molecule has 0 aromatic heterocycles. The lowest BCUT2D eigenvalue weighted by Crippen LogP contribution is -2.35. The Kier molecular flexibility index (Phi) is 2.96. The van der Waals surface area contributed by atoms with Gasteiger partial charge in [0, 0.05) is 5.02 Å². The van der Waals surface area contributed by atoms with Crippen molar-refractivity contribution >= 4 is 29.1 Å².